The number of aliphatic hydroxyl groups excluding tert-OH is 1. The van der Waals surface area contributed by atoms with Gasteiger partial charge in [-0.2, -0.15) is 0 Å². The van der Waals surface area contributed by atoms with Crippen molar-refractivity contribution in [2.75, 3.05) is 6.61 Å². The summed E-state index contributed by atoms with van der Waals surface area (Å²) in [6.45, 7) is 4.17. The molecule has 1 fully saturated rings. The zero-order valence-corrected chi connectivity index (χ0v) is 20.9. The molecule has 2 unspecified atom stereocenters. The molecule has 3 aliphatic rings. The Kier molecular flexibility index (Phi) is 8.41. The van der Waals surface area contributed by atoms with E-state index >= 15 is 0 Å². The number of allylic oxidation sites excluding steroid dienone is 4. The van der Waals surface area contributed by atoms with Gasteiger partial charge >= 0.3 is 0 Å². The van der Waals surface area contributed by atoms with Gasteiger partial charge in [0.1, 0.15) is 5.78 Å². The van der Waals surface area contributed by atoms with Gasteiger partial charge in [-0.15, -0.1) is 0 Å². The minimum Gasteiger partial charge on any atom is -0.495 e. The molecule has 1 N–H and O–H groups in total. The fourth-order valence-corrected chi connectivity index (χ4v) is 5.98. The fourth-order valence-electron chi connectivity index (χ4n) is 5.98. The number of carbonyl (C=O) groups is 2. The Bertz CT molecular complexity index is 933. The second-order valence-corrected chi connectivity index (χ2v) is 10.6. The minimum atomic E-state index is -0.259. The van der Waals surface area contributed by atoms with E-state index in [0.717, 1.165) is 36.2 Å². The number of hydrogen-bond donors (Lipinski definition) is 1. The predicted octanol–water partition coefficient (Wildman–Crippen LogP) is 6.04. The Morgan fingerprint density at radius 3 is 2.47 bits per heavy atom. The van der Waals surface area contributed by atoms with Crippen molar-refractivity contribution < 1.29 is 19.4 Å². The zero-order valence-electron chi connectivity index (χ0n) is 20.9. The van der Waals surface area contributed by atoms with Crippen molar-refractivity contribution in [1.82, 2.24) is 0 Å². The van der Waals surface area contributed by atoms with Gasteiger partial charge < -0.3 is 9.84 Å². The maximum Gasteiger partial charge on any atom is 0.158 e. The molecule has 4 rings (SSSR count). The van der Waals surface area contributed by atoms with Crippen LogP contribution in [0.3, 0.4) is 0 Å². The number of hydrogen-bond acceptors (Lipinski definition) is 4. The van der Waals surface area contributed by atoms with E-state index in [-0.39, 0.29) is 42.0 Å². The number of ketones is 2. The third-order valence-corrected chi connectivity index (χ3v) is 8.09. The molecule has 0 spiro atoms. The highest BCUT2D eigenvalue weighted by Crippen LogP contribution is 2.40. The summed E-state index contributed by atoms with van der Waals surface area (Å²) in [6.07, 6.45) is 11.5. The van der Waals surface area contributed by atoms with Gasteiger partial charge in [-0.25, -0.2) is 0 Å². The van der Waals surface area contributed by atoms with Crippen LogP contribution in [0.25, 0.3) is 0 Å². The van der Waals surface area contributed by atoms with Crippen molar-refractivity contribution in [2.45, 2.75) is 90.6 Å². The van der Waals surface area contributed by atoms with E-state index in [1.165, 1.54) is 24.0 Å². The second kappa shape index (κ2) is 11.5. The molecule has 0 saturated heterocycles. The van der Waals surface area contributed by atoms with E-state index in [2.05, 4.69) is 37.3 Å². The van der Waals surface area contributed by atoms with E-state index in [1.807, 2.05) is 6.92 Å². The zero-order chi connectivity index (χ0) is 24.1. The highest BCUT2D eigenvalue weighted by atomic mass is 16.5. The van der Waals surface area contributed by atoms with Gasteiger partial charge in [0.2, 0.25) is 0 Å². The molecule has 184 valence electrons. The number of benzene rings is 1. The minimum absolute atomic E-state index is 0.0886. The lowest BCUT2D eigenvalue weighted by molar-refractivity contribution is -0.126. The molecule has 0 bridgehead atoms. The molecular formula is C30H40O4. The molecule has 0 aliphatic heterocycles. The number of Topliss-reactive ketones (excluding diaryl/α,β-unsaturated/α-hetero) is 2. The first-order valence-corrected chi connectivity index (χ1v) is 13.3. The molecule has 0 heterocycles. The summed E-state index contributed by atoms with van der Waals surface area (Å²) in [5, 5.41) is 9.25. The Labute approximate surface area is 204 Å². The summed E-state index contributed by atoms with van der Waals surface area (Å²) in [5.41, 5.74) is 4.38. The van der Waals surface area contributed by atoms with Gasteiger partial charge in [0.15, 0.2) is 5.78 Å². The summed E-state index contributed by atoms with van der Waals surface area (Å²) >= 11 is 0. The van der Waals surface area contributed by atoms with Crippen LogP contribution in [0.4, 0.5) is 0 Å². The van der Waals surface area contributed by atoms with Crippen LogP contribution in [0, 0.1) is 24.7 Å². The molecule has 3 aliphatic carbocycles. The summed E-state index contributed by atoms with van der Waals surface area (Å²) in [7, 11) is 0. The van der Waals surface area contributed by atoms with E-state index < -0.39 is 0 Å². The van der Waals surface area contributed by atoms with Crippen molar-refractivity contribution in [3.63, 3.8) is 0 Å². The standard InChI is InChI=1S/C30H40O4/c1-20-9-11-22(12-10-20)18-24-19-27-26(14-16-29(24)34-25-7-3-4-8-25)21(2)30(33)23(6-5-17-31)13-15-28(27)32/h9-12,16,21,23-25,31H,3-8,13-15,17-19H2,1-2H3/t21-,23?,24?/m1/s1. The molecule has 0 radical (unpaired) electrons. The maximum absolute atomic E-state index is 13.4. The molecule has 0 aromatic heterocycles. The topological polar surface area (TPSA) is 63.6 Å². The predicted molar refractivity (Wildman–Crippen MR) is 134 cm³/mol. The maximum atomic E-state index is 13.4. The first kappa shape index (κ1) is 24.9. The summed E-state index contributed by atoms with van der Waals surface area (Å²) < 4.78 is 6.59. The second-order valence-electron chi connectivity index (χ2n) is 10.6. The largest absolute Gasteiger partial charge is 0.495 e. The monoisotopic (exact) mass is 464 g/mol. The van der Waals surface area contributed by atoms with Crippen LogP contribution >= 0.6 is 0 Å². The van der Waals surface area contributed by atoms with Crippen LogP contribution in [0.2, 0.25) is 0 Å². The molecule has 3 atom stereocenters. The van der Waals surface area contributed by atoms with Crippen LogP contribution in [-0.2, 0) is 20.7 Å². The number of aryl methyl sites for hydroxylation is 1. The van der Waals surface area contributed by atoms with E-state index in [1.54, 1.807) is 0 Å². The Morgan fingerprint density at radius 2 is 1.76 bits per heavy atom. The molecular weight excluding hydrogens is 424 g/mol. The van der Waals surface area contributed by atoms with Crippen molar-refractivity contribution in [1.29, 1.82) is 0 Å². The first-order chi connectivity index (χ1) is 16.5. The number of rotatable bonds is 7. The van der Waals surface area contributed by atoms with Gasteiger partial charge in [0.05, 0.1) is 11.9 Å². The number of aliphatic hydroxyl groups is 1. The molecule has 34 heavy (non-hydrogen) atoms. The number of carbonyl (C=O) groups excluding carboxylic acids is 2. The highest BCUT2D eigenvalue weighted by Gasteiger charge is 2.35. The molecule has 0 amide bonds. The van der Waals surface area contributed by atoms with E-state index in [4.69, 9.17) is 4.74 Å². The highest BCUT2D eigenvalue weighted by molar-refractivity contribution is 5.99. The summed E-state index contributed by atoms with van der Waals surface area (Å²) in [6, 6.07) is 8.65. The summed E-state index contributed by atoms with van der Waals surface area (Å²) in [4.78, 5) is 26.8. The van der Waals surface area contributed by atoms with Crippen LogP contribution in [0.15, 0.2) is 47.2 Å². The molecule has 1 aromatic rings. The van der Waals surface area contributed by atoms with Crippen LogP contribution in [-0.4, -0.2) is 29.4 Å². The smallest absolute Gasteiger partial charge is 0.158 e. The lowest BCUT2D eigenvalue weighted by Crippen LogP contribution is -2.29. The SMILES string of the molecule is Cc1ccc(CC2CC3=C(CC=C2OC2CCCC2)[C@@H](C)C(=O)C(CCCO)CCC3=O)cc1. The van der Waals surface area contributed by atoms with Gasteiger partial charge in [0, 0.05) is 30.8 Å². The van der Waals surface area contributed by atoms with Crippen molar-refractivity contribution >= 4 is 11.6 Å². The van der Waals surface area contributed by atoms with E-state index in [9.17, 15) is 14.7 Å². The van der Waals surface area contributed by atoms with Crippen molar-refractivity contribution in [2.24, 2.45) is 17.8 Å². The fraction of sp³-hybridized carbons (Fsp3) is 0.600. The average Bonchev–Trinajstić information content (AvgIpc) is 3.28. The van der Waals surface area contributed by atoms with Crippen molar-refractivity contribution in [3.05, 3.63) is 58.4 Å². The third kappa shape index (κ3) is 5.89. The number of ether oxygens (including phenoxy) is 1. The molecule has 1 aromatic carbocycles. The Morgan fingerprint density at radius 1 is 1.03 bits per heavy atom. The molecule has 4 nitrogen and oxygen atoms in total. The third-order valence-electron chi connectivity index (χ3n) is 8.09. The normalized spacial score (nSPS) is 26.6. The van der Waals surface area contributed by atoms with Gasteiger partial charge in [-0.3, -0.25) is 9.59 Å². The quantitative estimate of drug-likeness (QED) is 0.534. The Hall–Kier alpha value is -2.20. The van der Waals surface area contributed by atoms with Gasteiger partial charge in [0.25, 0.3) is 0 Å². The summed E-state index contributed by atoms with van der Waals surface area (Å²) in [5.74, 6) is 1.18. The van der Waals surface area contributed by atoms with Crippen LogP contribution in [0.1, 0.15) is 82.3 Å². The first-order valence-electron chi connectivity index (χ1n) is 13.3. The van der Waals surface area contributed by atoms with E-state index in [0.29, 0.717) is 38.5 Å². The Balaban J connectivity index is 1.63. The molecule has 1 saturated carbocycles. The van der Waals surface area contributed by atoms with Crippen LogP contribution in [0.5, 0.6) is 0 Å². The van der Waals surface area contributed by atoms with Crippen LogP contribution < -0.4 is 0 Å². The lowest BCUT2D eigenvalue weighted by atomic mass is 9.76. The van der Waals surface area contributed by atoms with Crippen molar-refractivity contribution in [3.8, 4) is 0 Å². The van der Waals surface area contributed by atoms with Gasteiger partial charge in [-0.1, -0.05) is 36.8 Å². The average molecular weight is 465 g/mol. The lowest BCUT2D eigenvalue weighted by Gasteiger charge is -2.27. The van der Waals surface area contributed by atoms with Gasteiger partial charge in [-0.05, 0) is 93.9 Å². The molecule has 4 heteroatoms.